The Kier molecular flexibility index (Phi) is 5.51. The van der Waals surface area contributed by atoms with E-state index in [4.69, 9.17) is 19.7 Å². The van der Waals surface area contributed by atoms with Gasteiger partial charge in [0.15, 0.2) is 0 Å². The van der Waals surface area contributed by atoms with E-state index < -0.39 is 30.7 Å². The first-order chi connectivity index (χ1) is 10.0. The largest absolute Gasteiger partial charge is 0.441 e. The summed E-state index contributed by atoms with van der Waals surface area (Å²) in [6, 6.07) is 4.36. The van der Waals surface area contributed by atoms with Crippen molar-refractivity contribution in [3.8, 4) is 0 Å². The van der Waals surface area contributed by atoms with E-state index in [1.54, 1.807) is 6.07 Å². The molecule has 2 rings (SSSR count). The molecular formula is C13H15BrFNO5. The van der Waals surface area contributed by atoms with Crippen LogP contribution in [0.5, 0.6) is 0 Å². The highest BCUT2D eigenvalue weighted by atomic mass is 79.9. The van der Waals surface area contributed by atoms with Crippen LogP contribution in [0.3, 0.4) is 0 Å². The minimum atomic E-state index is -0.959. The van der Waals surface area contributed by atoms with Crippen molar-refractivity contribution in [2.45, 2.75) is 12.2 Å². The molecule has 6 nitrogen and oxygen atoms in total. The summed E-state index contributed by atoms with van der Waals surface area (Å²) in [4.78, 5) is 13.1. The Bertz CT molecular complexity index is 515. The summed E-state index contributed by atoms with van der Waals surface area (Å²) in [6.07, 6.45) is -2.04. The lowest BCUT2D eigenvalue weighted by atomic mass is 10.2. The van der Waals surface area contributed by atoms with Crippen LogP contribution in [0, 0.1) is 5.82 Å². The van der Waals surface area contributed by atoms with Crippen LogP contribution in [0.1, 0.15) is 0 Å². The minimum Gasteiger partial charge on any atom is -0.441 e. The number of aliphatic hydroxyl groups is 2. The Labute approximate surface area is 129 Å². The molecule has 1 aromatic rings. The molecule has 0 saturated carbocycles. The minimum absolute atomic E-state index is 0.0442. The normalized spacial score (nSPS) is 19.7. The quantitative estimate of drug-likeness (QED) is 0.795. The van der Waals surface area contributed by atoms with Crippen LogP contribution in [0.15, 0.2) is 22.7 Å². The second-order valence-electron chi connectivity index (χ2n) is 4.59. The van der Waals surface area contributed by atoms with E-state index in [1.807, 2.05) is 0 Å². The maximum Gasteiger partial charge on any atom is 0.414 e. The van der Waals surface area contributed by atoms with E-state index in [2.05, 4.69) is 15.9 Å². The van der Waals surface area contributed by atoms with Gasteiger partial charge in [0.2, 0.25) is 0 Å². The Hall–Kier alpha value is -1.22. The van der Waals surface area contributed by atoms with Gasteiger partial charge in [-0.15, -0.1) is 0 Å². The fraction of sp³-hybridized carbons (Fsp3) is 0.462. The van der Waals surface area contributed by atoms with Gasteiger partial charge >= 0.3 is 6.09 Å². The fourth-order valence-corrected chi connectivity index (χ4v) is 2.11. The number of carbonyl (C=O) groups is 1. The van der Waals surface area contributed by atoms with E-state index >= 15 is 0 Å². The molecule has 21 heavy (non-hydrogen) atoms. The lowest BCUT2D eigenvalue weighted by Crippen LogP contribution is -2.27. The van der Waals surface area contributed by atoms with Crippen molar-refractivity contribution in [1.82, 2.24) is 0 Å². The molecule has 8 heteroatoms. The predicted molar refractivity (Wildman–Crippen MR) is 75.6 cm³/mol. The third-order valence-electron chi connectivity index (χ3n) is 2.91. The highest BCUT2D eigenvalue weighted by Crippen LogP contribution is 2.26. The maximum absolute atomic E-state index is 13.5. The number of hydrogen-bond donors (Lipinski definition) is 2. The number of cyclic esters (lactones) is 1. The SMILES string of the molecule is O=C1O[C@@H](COCC(O)CO)CN1c1ccc(Br)c(F)c1. The smallest absolute Gasteiger partial charge is 0.414 e. The van der Waals surface area contributed by atoms with Crippen molar-refractivity contribution >= 4 is 27.7 Å². The number of rotatable bonds is 6. The molecule has 0 bridgehead atoms. The van der Waals surface area contributed by atoms with Gasteiger partial charge in [0, 0.05) is 0 Å². The van der Waals surface area contributed by atoms with Gasteiger partial charge in [-0.1, -0.05) is 0 Å². The van der Waals surface area contributed by atoms with Gasteiger partial charge in [0.25, 0.3) is 0 Å². The number of nitrogens with zero attached hydrogens (tertiary/aromatic N) is 1. The molecule has 116 valence electrons. The molecule has 1 amide bonds. The van der Waals surface area contributed by atoms with Gasteiger partial charge in [0.1, 0.15) is 18.0 Å². The summed E-state index contributed by atoms with van der Waals surface area (Å²) >= 11 is 3.05. The van der Waals surface area contributed by atoms with Crippen molar-refractivity contribution in [2.75, 3.05) is 31.3 Å². The number of anilines is 1. The molecule has 0 spiro atoms. The van der Waals surface area contributed by atoms with Crippen molar-refractivity contribution in [2.24, 2.45) is 0 Å². The number of amides is 1. The third kappa shape index (κ3) is 4.13. The van der Waals surface area contributed by atoms with E-state index in [9.17, 15) is 9.18 Å². The average Bonchev–Trinajstić information content (AvgIpc) is 2.82. The summed E-state index contributed by atoms with van der Waals surface area (Å²) in [5.41, 5.74) is 0.401. The number of hydrogen-bond acceptors (Lipinski definition) is 5. The van der Waals surface area contributed by atoms with Crippen LogP contribution >= 0.6 is 15.9 Å². The summed E-state index contributed by atoms with van der Waals surface area (Å²) in [7, 11) is 0. The summed E-state index contributed by atoms with van der Waals surface area (Å²) < 4.78 is 24.0. The first kappa shape index (κ1) is 16.2. The first-order valence-corrected chi connectivity index (χ1v) is 7.10. The van der Waals surface area contributed by atoms with Crippen LogP contribution in [0.25, 0.3) is 0 Å². The Morgan fingerprint density at radius 1 is 1.57 bits per heavy atom. The summed E-state index contributed by atoms with van der Waals surface area (Å²) in [5.74, 6) is -0.467. The molecule has 2 N–H and O–H groups in total. The molecule has 1 aromatic carbocycles. The van der Waals surface area contributed by atoms with E-state index in [0.717, 1.165) is 0 Å². The molecule has 1 aliphatic rings. The van der Waals surface area contributed by atoms with Gasteiger partial charge in [0.05, 0.1) is 36.5 Å². The van der Waals surface area contributed by atoms with Crippen molar-refractivity contribution in [1.29, 1.82) is 0 Å². The Morgan fingerprint density at radius 2 is 2.33 bits per heavy atom. The van der Waals surface area contributed by atoms with Gasteiger partial charge in [-0.25, -0.2) is 9.18 Å². The fourth-order valence-electron chi connectivity index (χ4n) is 1.86. The molecule has 1 unspecified atom stereocenters. The number of aliphatic hydroxyl groups excluding tert-OH is 2. The molecule has 1 heterocycles. The van der Waals surface area contributed by atoms with Crippen LogP contribution in [0.4, 0.5) is 14.9 Å². The molecule has 1 fully saturated rings. The Morgan fingerprint density at radius 3 is 3.00 bits per heavy atom. The zero-order valence-corrected chi connectivity index (χ0v) is 12.6. The molecule has 0 aliphatic carbocycles. The number of halogens is 2. The monoisotopic (exact) mass is 363 g/mol. The second kappa shape index (κ2) is 7.17. The van der Waals surface area contributed by atoms with Crippen molar-refractivity contribution < 1.29 is 28.9 Å². The summed E-state index contributed by atoms with van der Waals surface area (Å²) in [5, 5.41) is 17.8. The second-order valence-corrected chi connectivity index (χ2v) is 5.44. The van der Waals surface area contributed by atoms with Crippen LogP contribution < -0.4 is 4.90 Å². The molecule has 1 saturated heterocycles. The van der Waals surface area contributed by atoms with Gasteiger partial charge < -0.3 is 19.7 Å². The molecule has 2 atom stereocenters. The van der Waals surface area contributed by atoms with Crippen molar-refractivity contribution in [3.63, 3.8) is 0 Å². The highest BCUT2D eigenvalue weighted by Gasteiger charge is 2.32. The third-order valence-corrected chi connectivity index (χ3v) is 3.56. The van der Waals surface area contributed by atoms with Crippen molar-refractivity contribution in [3.05, 3.63) is 28.5 Å². The number of carbonyl (C=O) groups excluding carboxylic acids is 1. The topological polar surface area (TPSA) is 79.2 Å². The van der Waals surface area contributed by atoms with Crippen LogP contribution in [0.2, 0.25) is 0 Å². The van der Waals surface area contributed by atoms with Gasteiger partial charge in [-0.2, -0.15) is 0 Å². The molecule has 0 radical (unpaired) electrons. The lowest BCUT2D eigenvalue weighted by molar-refractivity contribution is -0.0183. The van der Waals surface area contributed by atoms with E-state index in [1.165, 1.54) is 17.0 Å². The first-order valence-electron chi connectivity index (χ1n) is 6.31. The molecule has 0 aromatic heterocycles. The van der Waals surface area contributed by atoms with E-state index in [0.29, 0.717) is 10.2 Å². The summed E-state index contributed by atoms with van der Waals surface area (Å²) in [6.45, 7) is -0.111. The van der Waals surface area contributed by atoms with Gasteiger partial charge in [-0.3, -0.25) is 4.90 Å². The predicted octanol–water partition coefficient (Wildman–Crippen LogP) is 1.28. The lowest BCUT2D eigenvalue weighted by Gasteiger charge is -2.14. The Balaban J connectivity index is 1.91. The highest BCUT2D eigenvalue weighted by molar-refractivity contribution is 9.10. The van der Waals surface area contributed by atoms with E-state index in [-0.39, 0.29) is 19.8 Å². The maximum atomic E-state index is 13.5. The number of ether oxygens (including phenoxy) is 2. The average molecular weight is 364 g/mol. The zero-order valence-electron chi connectivity index (χ0n) is 11.0. The van der Waals surface area contributed by atoms with Crippen LogP contribution in [-0.2, 0) is 9.47 Å². The molecule has 1 aliphatic heterocycles. The van der Waals surface area contributed by atoms with Gasteiger partial charge in [-0.05, 0) is 34.1 Å². The zero-order chi connectivity index (χ0) is 15.4. The molecular weight excluding hydrogens is 349 g/mol. The standard InChI is InChI=1S/C13H15BrFNO5/c14-11-2-1-8(3-12(11)15)16-4-10(21-13(16)19)7-20-6-9(18)5-17/h1-3,9-10,17-18H,4-7H2/t9?,10-/m1/s1. The number of benzene rings is 1. The van der Waals surface area contributed by atoms with Crippen LogP contribution in [-0.4, -0.2) is 54.9 Å².